The lowest BCUT2D eigenvalue weighted by atomic mass is 10.1. The van der Waals surface area contributed by atoms with E-state index in [1.807, 2.05) is 63.4 Å². The maximum Gasteiger partial charge on any atom is 0.222 e. The summed E-state index contributed by atoms with van der Waals surface area (Å²) in [5.41, 5.74) is 4.13. The van der Waals surface area contributed by atoms with Crippen molar-refractivity contribution in [3.05, 3.63) is 65.7 Å². The molecule has 0 saturated carbocycles. The van der Waals surface area contributed by atoms with Crippen molar-refractivity contribution in [2.45, 2.75) is 52.9 Å². The number of hydrogen-bond acceptors (Lipinski definition) is 5. The molecule has 2 aromatic carbocycles. The lowest BCUT2D eigenvalue weighted by Gasteiger charge is -2.25. The van der Waals surface area contributed by atoms with Crippen molar-refractivity contribution in [2.24, 2.45) is 7.05 Å². The summed E-state index contributed by atoms with van der Waals surface area (Å²) >= 11 is 0. The minimum absolute atomic E-state index is 0.0943. The van der Waals surface area contributed by atoms with Crippen molar-refractivity contribution in [3.63, 3.8) is 0 Å². The Morgan fingerprint density at radius 1 is 1.06 bits per heavy atom. The monoisotopic (exact) mass is 451 g/mol. The van der Waals surface area contributed by atoms with E-state index in [2.05, 4.69) is 30.9 Å². The summed E-state index contributed by atoms with van der Waals surface area (Å²) in [5, 5.41) is 15.4. The summed E-state index contributed by atoms with van der Waals surface area (Å²) in [4.78, 5) is 2.25. The summed E-state index contributed by atoms with van der Waals surface area (Å²) in [6.45, 7) is 10.5. The van der Waals surface area contributed by atoms with E-state index in [1.165, 1.54) is 5.56 Å². The van der Waals surface area contributed by atoms with Gasteiger partial charge in [0.2, 0.25) is 5.88 Å². The Balaban J connectivity index is 1.92. The second kappa shape index (κ2) is 12.0. The van der Waals surface area contributed by atoms with Crippen molar-refractivity contribution in [2.75, 3.05) is 19.7 Å². The number of nitrogens with zero attached hydrogens (tertiary/aromatic N) is 3. The highest BCUT2D eigenvalue weighted by atomic mass is 16.5. The van der Waals surface area contributed by atoms with Crippen LogP contribution in [0.15, 0.2) is 54.6 Å². The van der Waals surface area contributed by atoms with Crippen molar-refractivity contribution < 1.29 is 14.6 Å². The van der Waals surface area contributed by atoms with Crippen LogP contribution in [-0.2, 0) is 18.3 Å². The summed E-state index contributed by atoms with van der Waals surface area (Å²) in [6, 6.07) is 18.2. The van der Waals surface area contributed by atoms with Gasteiger partial charge in [0.15, 0.2) is 0 Å². The quantitative estimate of drug-likeness (QED) is 0.411. The molecule has 0 aliphatic rings. The van der Waals surface area contributed by atoms with Gasteiger partial charge in [-0.1, -0.05) is 55.0 Å². The van der Waals surface area contributed by atoms with Crippen LogP contribution in [0.2, 0.25) is 0 Å². The average molecular weight is 452 g/mol. The van der Waals surface area contributed by atoms with E-state index in [0.29, 0.717) is 25.6 Å². The molecule has 0 radical (unpaired) electrons. The molecule has 0 aliphatic heterocycles. The molecule has 33 heavy (non-hydrogen) atoms. The van der Waals surface area contributed by atoms with Gasteiger partial charge in [-0.25, -0.2) is 4.68 Å². The van der Waals surface area contributed by atoms with Crippen LogP contribution in [0.25, 0.3) is 11.3 Å². The first-order valence-corrected chi connectivity index (χ1v) is 11.7. The van der Waals surface area contributed by atoms with Gasteiger partial charge in [-0.2, -0.15) is 5.10 Å². The Bertz CT molecular complexity index is 984. The van der Waals surface area contributed by atoms with Crippen LogP contribution >= 0.6 is 0 Å². The first kappa shape index (κ1) is 25.0. The van der Waals surface area contributed by atoms with Crippen molar-refractivity contribution >= 4 is 0 Å². The van der Waals surface area contributed by atoms with Crippen LogP contribution in [0, 0.1) is 6.92 Å². The van der Waals surface area contributed by atoms with Crippen LogP contribution in [-0.4, -0.2) is 51.7 Å². The number of aryl methyl sites for hydroxylation is 2. The largest absolute Gasteiger partial charge is 0.439 e. The Morgan fingerprint density at radius 2 is 1.76 bits per heavy atom. The highest BCUT2D eigenvalue weighted by molar-refractivity contribution is 5.65. The number of rotatable bonds is 12. The van der Waals surface area contributed by atoms with Gasteiger partial charge in [-0.15, -0.1) is 0 Å². The van der Waals surface area contributed by atoms with E-state index in [0.717, 1.165) is 35.5 Å². The Hall–Kier alpha value is -2.67. The van der Waals surface area contributed by atoms with Crippen molar-refractivity contribution in [1.29, 1.82) is 0 Å². The molecule has 1 atom stereocenters. The fraction of sp³-hybridized carbons (Fsp3) is 0.444. The number of benzene rings is 2. The third-order valence-electron chi connectivity index (χ3n) is 5.38. The second-order valence-corrected chi connectivity index (χ2v) is 8.81. The third kappa shape index (κ3) is 7.16. The molecule has 3 aromatic rings. The van der Waals surface area contributed by atoms with Gasteiger partial charge in [0, 0.05) is 25.7 Å². The molecular weight excluding hydrogens is 414 g/mol. The molecule has 6 nitrogen and oxygen atoms in total. The topological polar surface area (TPSA) is 59.8 Å². The van der Waals surface area contributed by atoms with Crippen molar-refractivity contribution in [1.82, 2.24) is 14.7 Å². The van der Waals surface area contributed by atoms with Gasteiger partial charge in [-0.3, -0.25) is 4.90 Å². The Kier molecular flexibility index (Phi) is 9.06. The first-order valence-electron chi connectivity index (χ1n) is 11.7. The molecule has 0 amide bonds. The summed E-state index contributed by atoms with van der Waals surface area (Å²) < 4.78 is 13.8. The van der Waals surface area contributed by atoms with Crippen LogP contribution in [0.5, 0.6) is 11.6 Å². The highest BCUT2D eigenvalue weighted by Gasteiger charge is 2.23. The third-order valence-corrected chi connectivity index (χ3v) is 5.38. The van der Waals surface area contributed by atoms with E-state index in [-0.39, 0.29) is 6.10 Å². The van der Waals surface area contributed by atoms with E-state index in [9.17, 15) is 5.11 Å². The minimum Gasteiger partial charge on any atom is -0.439 e. The minimum atomic E-state index is -0.558. The first-order chi connectivity index (χ1) is 15.9. The van der Waals surface area contributed by atoms with Crippen LogP contribution in [0.1, 0.15) is 38.3 Å². The smallest absolute Gasteiger partial charge is 0.222 e. The van der Waals surface area contributed by atoms with Gasteiger partial charge in [0.05, 0.1) is 24.4 Å². The van der Waals surface area contributed by atoms with Gasteiger partial charge in [0.1, 0.15) is 11.4 Å². The SMILES string of the molecule is CCCN(Cc1c(-c2ccccc2)nn(C)c1Oc1ccc(C)cc1)C[C@H](O)COC(C)C. The fourth-order valence-electron chi connectivity index (χ4n) is 3.80. The lowest BCUT2D eigenvalue weighted by molar-refractivity contribution is -0.00953. The lowest BCUT2D eigenvalue weighted by Crippen LogP contribution is -2.35. The zero-order valence-corrected chi connectivity index (χ0v) is 20.5. The van der Waals surface area contributed by atoms with Crippen molar-refractivity contribution in [3.8, 4) is 22.9 Å². The van der Waals surface area contributed by atoms with Gasteiger partial charge in [-0.05, 0) is 45.9 Å². The Morgan fingerprint density at radius 3 is 2.39 bits per heavy atom. The van der Waals surface area contributed by atoms with Gasteiger partial charge in [0.25, 0.3) is 0 Å². The number of aliphatic hydroxyl groups excluding tert-OH is 1. The maximum absolute atomic E-state index is 10.6. The molecule has 0 saturated heterocycles. The van der Waals surface area contributed by atoms with E-state index in [4.69, 9.17) is 14.6 Å². The number of aliphatic hydroxyl groups is 1. The number of hydrogen-bond donors (Lipinski definition) is 1. The highest BCUT2D eigenvalue weighted by Crippen LogP contribution is 2.34. The molecule has 0 bridgehead atoms. The van der Waals surface area contributed by atoms with Crippen LogP contribution in [0.3, 0.4) is 0 Å². The molecule has 6 heteroatoms. The average Bonchev–Trinajstić information content (AvgIpc) is 3.09. The number of ether oxygens (including phenoxy) is 2. The molecule has 3 rings (SSSR count). The maximum atomic E-state index is 10.6. The van der Waals surface area contributed by atoms with Crippen LogP contribution < -0.4 is 4.74 Å². The van der Waals surface area contributed by atoms with Gasteiger partial charge < -0.3 is 14.6 Å². The number of aromatic nitrogens is 2. The molecule has 0 fully saturated rings. The normalized spacial score (nSPS) is 12.5. The summed E-state index contributed by atoms with van der Waals surface area (Å²) in [6.07, 6.45) is 0.515. The fourth-order valence-corrected chi connectivity index (χ4v) is 3.80. The summed E-state index contributed by atoms with van der Waals surface area (Å²) in [7, 11) is 1.91. The second-order valence-electron chi connectivity index (χ2n) is 8.81. The molecule has 178 valence electrons. The van der Waals surface area contributed by atoms with Gasteiger partial charge >= 0.3 is 0 Å². The molecule has 0 aliphatic carbocycles. The van der Waals surface area contributed by atoms with E-state index in [1.54, 1.807) is 4.68 Å². The molecule has 1 N–H and O–H groups in total. The zero-order chi connectivity index (χ0) is 23.8. The van der Waals surface area contributed by atoms with Crippen LogP contribution in [0.4, 0.5) is 0 Å². The molecule has 1 heterocycles. The summed E-state index contributed by atoms with van der Waals surface area (Å²) in [5.74, 6) is 1.49. The van der Waals surface area contributed by atoms with E-state index < -0.39 is 6.10 Å². The zero-order valence-electron chi connectivity index (χ0n) is 20.5. The predicted molar refractivity (Wildman–Crippen MR) is 133 cm³/mol. The predicted octanol–water partition coefficient (Wildman–Crippen LogP) is 5.19. The standard InChI is InChI=1S/C27H37N3O3/c1-6-16-30(17-23(31)19-32-20(2)3)18-25-26(22-10-8-7-9-11-22)28-29(5)27(25)33-24-14-12-21(4)13-15-24/h7-15,20,23,31H,6,16-19H2,1-5H3/t23-/m0/s1. The molecule has 0 spiro atoms. The molecular formula is C27H37N3O3. The molecule has 1 aromatic heterocycles. The molecule has 0 unspecified atom stereocenters. The van der Waals surface area contributed by atoms with E-state index >= 15 is 0 Å². The Labute approximate surface area is 197 Å².